The largest absolute Gasteiger partial charge is 0.468 e. The van der Waals surface area contributed by atoms with E-state index in [1.165, 1.54) is 13.0 Å². The minimum Gasteiger partial charge on any atom is -0.468 e. The maximum atomic E-state index is 12.6. The molecule has 0 radical (unpaired) electrons. The van der Waals surface area contributed by atoms with Crippen LogP contribution in [0.3, 0.4) is 0 Å². The Kier molecular flexibility index (Phi) is 5.38. The summed E-state index contributed by atoms with van der Waals surface area (Å²) in [6.45, 7) is -0.265. The fourth-order valence-electron chi connectivity index (χ4n) is 1.85. The van der Waals surface area contributed by atoms with E-state index in [-0.39, 0.29) is 22.8 Å². The Hall–Kier alpha value is -2.85. The molecule has 0 aliphatic carbocycles. The second-order valence-corrected chi connectivity index (χ2v) is 5.07. The topological polar surface area (TPSA) is 64.1 Å². The van der Waals surface area contributed by atoms with Gasteiger partial charge in [0.2, 0.25) is 5.88 Å². The number of rotatable bonds is 4. The first-order valence-electron chi connectivity index (χ1n) is 6.97. The van der Waals surface area contributed by atoms with E-state index >= 15 is 0 Å². The molecule has 0 saturated carbocycles. The normalized spacial score (nSPS) is 12.0. The number of nitrogens with zero attached hydrogens (tertiary/aromatic N) is 2. The second-order valence-electron chi connectivity index (χ2n) is 5.07. The molecule has 11 heteroatoms. The summed E-state index contributed by atoms with van der Waals surface area (Å²) in [5, 5.41) is 2.36. The van der Waals surface area contributed by atoms with Gasteiger partial charge >= 0.3 is 12.4 Å². The van der Waals surface area contributed by atoms with Crippen molar-refractivity contribution in [2.45, 2.75) is 19.3 Å². The Bertz CT molecular complexity index is 787. The molecule has 0 fully saturated rings. The van der Waals surface area contributed by atoms with Crippen molar-refractivity contribution in [1.82, 2.24) is 9.97 Å². The van der Waals surface area contributed by atoms with E-state index in [2.05, 4.69) is 20.0 Å². The van der Waals surface area contributed by atoms with Crippen LogP contribution >= 0.6 is 0 Å². The molecule has 0 spiro atoms. The Balaban J connectivity index is 2.06. The second kappa shape index (κ2) is 7.18. The summed E-state index contributed by atoms with van der Waals surface area (Å²) >= 11 is 0. The molecule has 0 aromatic carbocycles. The van der Waals surface area contributed by atoms with Crippen molar-refractivity contribution < 1.29 is 35.9 Å². The van der Waals surface area contributed by atoms with Gasteiger partial charge in [0, 0.05) is 6.07 Å². The van der Waals surface area contributed by atoms with Gasteiger partial charge < -0.3 is 10.1 Å². The average molecular weight is 379 g/mol. The van der Waals surface area contributed by atoms with E-state index in [1.807, 2.05) is 0 Å². The number of halogens is 6. The third kappa shape index (κ3) is 5.33. The van der Waals surface area contributed by atoms with Crippen LogP contribution in [-0.4, -0.2) is 28.7 Å². The number of anilines is 1. The molecule has 2 aromatic heterocycles. The van der Waals surface area contributed by atoms with Gasteiger partial charge in [-0.1, -0.05) is 0 Å². The molecule has 2 rings (SSSR count). The minimum absolute atomic E-state index is 0.0876. The van der Waals surface area contributed by atoms with Gasteiger partial charge in [-0.05, 0) is 25.1 Å². The third-order valence-electron chi connectivity index (χ3n) is 3.00. The first kappa shape index (κ1) is 19.5. The standard InChI is InChI=1S/C15H11F6N3O2/c1-8-10(3-4-11(23-8)15(19,20)21)13(25)24-9-2-5-12(22-6-9)26-7-14(16,17)18/h2-6H,7H2,1H3,(H,24,25). The molecule has 0 aliphatic rings. The zero-order valence-electron chi connectivity index (χ0n) is 13.1. The van der Waals surface area contributed by atoms with Gasteiger partial charge in [0.05, 0.1) is 23.1 Å². The molecular formula is C15H11F6N3O2. The van der Waals surface area contributed by atoms with E-state index in [1.54, 1.807) is 0 Å². The summed E-state index contributed by atoms with van der Waals surface area (Å²) in [5.41, 5.74) is -1.22. The highest BCUT2D eigenvalue weighted by atomic mass is 19.4. The number of amides is 1. The predicted molar refractivity (Wildman–Crippen MR) is 77.7 cm³/mol. The van der Waals surface area contributed by atoms with Crippen LogP contribution in [0.2, 0.25) is 0 Å². The average Bonchev–Trinajstić information content (AvgIpc) is 2.52. The van der Waals surface area contributed by atoms with Crippen molar-refractivity contribution in [3.05, 3.63) is 47.4 Å². The van der Waals surface area contributed by atoms with Gasteiger partial charge in [0.15, 0.2) is 6.61 Å². The third-order valence-corrected chi connectivity index (χ3v) is 3.00. The van der Waals surface area contributed by atoms with E-state index in [9.17, 15) is 31.1 Å². The van der Waals surface area contributed by atoms with Crippen molar-refractivity contribution in [1.29, 1.82) is 0 Å². The fourth-order valence-corrected chi connectivity index (χ4v) is 1.85. The fraction of sp³-hybridized carbons (Fsp3) is 0.267. The zero-order chi connectivity index (χ0) is 19.5. The maximum Gasteiger partial charge on any atom is 0.433 e. The lowest BCUT2D eigenvalue weighted by Gasteiger charge is -2.11. The van der Waals surface area contributed by atoms with Crippen LogP contribution in [-0.2, 0) is 6.18 Å². The summed E-state index contributed by atoms with van der Waals surface area (Å²) in [6.07, 6.45) is -8.09. The minimum atomic E-state index is -4.63. The molecule has 2 aromatic rings. The van der Waals surface area contributed by atoms with E-state index < -0.39 is 30.6 Å². The number of aryl methyl sites for hydroxylation is 1. The van der Waals surface area contributed by atoms with E-state index in [4.69, 9.17) is 0 Å². The van der Waals surface area contributed by atoms with Crippen LogP contribution in [0.4, 0.5) is 32.0 Å². The number of carbonyl (C=O) groups is 1. The number of hydrogen-bond acceptors (Lipinski definition) is 4. The van der Waals surface area contributed by atoms with Crippen LogP contribution in [0.1, 0.15) is 21.7 Å². The molecule has 1 amide bonds. The van der Waals surface area contributed by atoms with Crippen molar-refractivity contribution in [3.8, 4) is 5.88 Å². The zero-order valence-corrected chi connectivity index (χ0v) is 13.1. The number of alkyl halides is 6. The van der Waals surface area contributed by atoms with Crippen molar-refractivity contribution in [2.24, 2.45) is 0 Å². The molecule has 0 saturated heterocycles. The van der Waals surface area contributed by atoms with E-state index in [0.717, 1.165) is 18.3 Å². The van der Waals surface area contributed by atoms with Crippen LogP contribution < -0.4 is 10.1 Å². The lowest BCUT2D eigenvalue weighted by atomic mass is 10.1. The molecule has 2 heterocycles. The summed E-state index contributed by atoms with van der Waals surface area (Å²) in [4.78, 5) is 19.0. The van der Waals surface area contributed by atoms with Crippen LogP contribution in [0.15, 0.2) is 30.5 Å². The molecule has 26 heavy (non-hydrogen) atoms. The highest BCUT2D eigenvalue weighted by Gasteiger charge is 2.33. The Morgan fingerprint density at radius 3 is 2.31 bits per heavy atom. The monoisotopic (exact) mass is 379 g/mol. The molecule has 1 N–H and O–H groups in total. The molecular weight excluding hydrogens is 368 g/mol. The molecule has 140 valence electrons. The van der Waals surface area contributed by atoms with Gasteiger partial charge in [-0.3, -0.25) is 4.79 Å². The number of aromatic nitrogens is 2. The van der Waals surface area contributed by atoms with Gasteiger partial charge in [-0.15, -0.1) is 0 Å². The van der Waals surface area contributed by atoms with Gasteiger partial charge in [0.1, 0.15) is 5.69 Å². The Morgan fingerprint density at radius 1 is 1.12 bits per heavy atom. The summed E-state index contributed by atoms with van der Waals surface area (Å²) in [6, 6.07) is 4.01. The quantitative estimate of drug-likeness (QED) is 0.816. The molecule has 0 aliphatic heterocycles. The van der Waals surface area contributed by atoms with Gasteiger partial charge in [0.25, 0.3) is 5.91 Å². The molecule has 0 atom stereocenters. The maximum absolute atomic E-state index is 12.6. The number of ether oxygens (including phenoxy) is 1. The Labute approximate surface area is 143 Å². The van der Waals surface area contributed by atoms with Gasteiger partial charge in [-0.2, -0.15) is 26.3 Å². The number of pyridine rings is 2. The lowest BCUT2D eigenvalue weighted by molar-refractivity contribution is -0.154. The first-order chi connectivity index (χ1) is 12.0. The predicted octanol–water partition coefficient (Wildman–Crippen LogP) is 4.00. The summed E-state index contributed by atoms with van der Waals surface area (Å²) in [5.74, 6) is -1.04. The number of carbonyl (C=O) groups excluding carboxylic acids is 1. The first-order valence-corrected chi connectivity index (χ1v) is 6.97. The highest BCUT2D eigenvalue weighted by molar-refractivity contribution is 6.04. The Morgan fingerprint density at radius 2 is 1.81 bits per heavy atom. The van der Waals surface area contributed by atoms with Crippen molar-refractivity contribution in [3.63, 3.8) is 0 Å². The van der Waals surface area contributed by atoms with E-state index in [0.29, 0.717) is 6.07 Å². The molecule has 0 unspecified atom stereocenters. The van der Waals surface area contributed by atoms with Crippen LogP contribution in [0.5, 0.6) is 5.88 Å². The SMILES string of the molecule is Cc1nc(C(F)(F)F)ccc1C(=O)Nc1ccc(OCC(F)(F)F)nc1. The van der Waals surface area contributed by atoms with Gasteiger partial charge in [-0.25, -0.2) is 9.97 Å². The smallest absolute Gasteiger partial charge is 0.433 e. The summed E-state index contributed by atoms with van der Waals surface area (Å²) < 4.78 is 78.2. The molecule has 5 nitrogen and oxygen atoms in total. The molecule has 0 bridgehead atoms. The van der Waals surface area contributed by atoms with Crippen LogP contribution in [0.25, 0.3) is 0 Å². The number of hydrogen-bond donors (Lipinski definition) is 1. The highest BCUT2D eigenvalue weighted by Crippen LogP contribution is 2.28. The lowest BCUT2D eigenvalue weighted by Crippen LogP contribution is -2.19. The number of nitrogens with one attached hydrogen (secondary N) is 1. The van der Waals surface area contributed by atoms with Crippen molar-refractivity contribution in [2.75, 3.05) is 11.9 Å². The van der Waals surface area contributed by atoms with Crippen molar-refractivity contribution >= 4 is 11.6 Å². The van der Waals surface area contributed by atoms with Crippen LogP contribution in [0, 0.1) is 6.92 Å². The summed E-state index contributed by atoms with van der Waals surface area (Å²) in [7, 11) is 0.